The predicted octanol–water partition coefficient (Wildman–Crippen LogP) is 2.28. The lowest BCUT2D eigenvalue weighted by atomic mass is 9.94. The van der Waals surface area contributed by atoms with Crippen LogP contribution >= 0.6 is 15.9 Å². The van der Waals surface area contributed by atoms with Gasteiger partial charge in [0, 0.05) is 13.1 Å². The number of hydrogen-bond donors (Lipinski definition) is 1. The summed E-state index contributed by atoms with van der Waals surface area (Å²) in [5, 5.41) is 8.59. The van der Waals surface area contributed by atoms with Gasteiger partial charge in [0.15, 0.2) is 4.67 Å². The topological polar surface area (TPSA) is 62.9 Å². The highest BCUT2D eigenvalue weighted by atomic mass is 79.9. The van der Waals surface area contributed by atoms with E-state index in [9.17, 15) is 4.79 Å². The van der Waals surface area contributed by atoms with Gasteiger partial charge >= 0.3 is 5.97 Å². The SMILES string of the molecule is CC(c1ccc(Br)o1)N1CC(C)(OCC(=O)O)C1. The first-order valence-electron chi connectivity index (χ1n) is 5.75. The minimum atomic E-state index is -0.933. The van der Waals surface area contributed by atoms with Crippen molar-refractivity contribution in [1.82, 2.24) is 4.90 Å². The van der Waals surface area contributed by atoms with Gasteiger partial charge in [-0.05, 0) is 41.9 Å². The number of nitrogens with zero attached hydrogens (tertiary/aromatic N) is 1. The lowest BCUT2D eigenvalue weighted by Gasteiger charge is -2.49. The summed E-state index contributed by atoms with van der Waals surface area (Å²) in [6.07, 6.45) is 0. The molecule has 0 spiro atoms. The van der Waals surface area contributed by atoms with Crippen LogP contribution in [-0.4, -0.2) is 41.3 Å². The Bertz CT molecular complexity index is 439. The van der Waals surface area contributed by atoms with Crippen molar-refractivity contribution in [1.29, 1.82) is 0 Å². The second kappa shape index (κ2) is 5.03. The summed E-state index contributed by atoms with van der Waals surface area (Å²) in [6, 6.07) is 3.96. The van der Waals surface area contributed by atoms with Gasteiger partial charge in [-0.1, -0.05) is 0 Å². The summed E-state index contributed by atoms with van der Waals surface area (Å²) in [6.45, 7) is 5.16. The van der Waals surface area contributed by atoms with E-state index in [-0.39, 0.29) is 18.2 Å². The molecule has 5 nitrogen and oxygen atoms in total. The summed E-state index contributed by atoms with van der Waals surface area (Å²) in [7, 11) is 0. The summed E-state index contributed by atoms with van der Waals surface area (Å²) in [5.41, 5.74) is -0.365. The van der Waals surface area contributed by atoms with E-state index in [0.29, 0.717) is 13.1 Å². The van der Waals surface area contributed by atoms with Crippen LogP contribution < -0.4 is 0 Å². The molecule has 1 saturated heterocycles. The van der Waals surface area contributed by atoms with Crippen LogP contribution in [0.4, 0.5) is 0 Å². The second-order valence-corrected chi connectivity index (χ2v) is 5.64. The lowest BCUT2D eigenvalue weighted by molar-refractivity contribution is -0.169. The number of carboxylic acid groups (broad SMARTS) is 1. The van der Waals surface area contributed by atoms with Crippen molar-refractivity contribution in [3.05, 3.63) is 22.6 Å². The summed E-state index contributed by atoms with van der Waals surface area (Å²) >= 11 is 3.28. The van der Waals surface area contributed by atoms with E-state index in [1.165, 1.54) is 0 Å². The molecule has 0 bridgehead atoms. The lowest BCUT2D eigenvalue weighted by Crippen LogP contribution is -2.62. The molecule has 0 aliphatic carbocycles. The number of hydrogen-bond acceptors (Lipinski definition) is 4. The number of aliphatic carboxylic acids is 1. The Hall–Kier alpha value is -0.850. The maximum Gasteiger partial charge on any atom is 0.329 e. The normalized spacial score (nSPS) is 20.4. The van der Waals surface area contributed by atoms with Crippen molar-refractivity contribution < 1.29 is 19.1 Å². The van der Waals surface area contributed by atoms with Gasteiger partial charge in [0.2, 0.25) is 0 Å². The van der Waals surface area contributed by atoms with E-state index in [0.717, 1.165) is 10.4 Å². The van der Waals surface area contributed by atoms with Crippen molar-refractivity contribution in [3.8, 4) is 0 Å². The second-order valence-electron chi connectivity index (χ2n) is 4.86. The Morgan fingerprint density at radius 1 is 1.67 bits per heavy atom. The third kappa shape index (κ3) is 2.93. The highest BCUT2D eigenvalue weighted by Crippen LogP contribution is 2.34. The number of carbonyl (C=O) groups is 1. The maximum absolute atomic E-state index is 10.5. The van der Waals surface area contributed by atoms with Crippen molar-refractivity contribution >= 4 is 21.9 Å². The number of likely N-dealkylation sites (tertiary alicyclic amines) is 1. The highest BCUT2D eigenvalue weighted by molar-refractivity contribution is 9.10. The van der Waals surface area contributed by atoms with Crippen molar-refractivity contribution in [2.45, 2.75) is 25.5 Å². The molecule has 0 amide bonds. The fraction of sp³-hybridized carbons (Fsp3) is 0.583. The summed E-state index contributed by atoms with van der Waals surface area (Å²) in [5.74, 6) is -0.0418. The predicted molar refractivity (Wildman–Crippen MR) is 68.4 cm³/mol. The smallest absolute Gasteiger partial charge is 0.329 e. The quantitative estimate of drug-likeness (QED) is 0.902. The van der Waals surface area contributed by atoms with Gasteiger partial charge in [-0.2, -0.15) is 0 Å². The molecule has 1 atom stereocenters. The molecular weight excluding hydrogens is 302 g/mol. The van der Waals surface area contributed by atoms with Crippen LogP contribution in [0.15, 0.2) is 21.2 Å². The molecule has 2 rings (SSSR count). The van der Waals surface area contributed by atoms with E-state index in [2.05, 4.69) is 27.8 Å². The Morgan fingerprint density at radius 2 is 2.33 bits per heavy atom. The molecule has 1 aliphatic heterocycles. The van der Waals surface area contributed by atoms with E-state index < -0.39 is 5.97 Å². The fourth-order valence-electron chi connectivity index (χ4n) is 2.15. The van der Waals surface area contributed by atoms with Gasteiger partial charge in [-0.15, -0.1) is 0 Å². The molecule has 1 unspecified atom stereocenters. The third-order valence-corrected chi connectivity index (χ3v) is 3.60. The average molecular weight is 318 g/mol. The van der Waals surface area contributed by atoms with Crippen LogP contribution in [-0.2, 0) is 9.53 Å². The van der Waals surface area contributed by atoms with Gasteiger partial charge in [0.05, 0.1) is 11.6 Å². The van der Waals surface area contributed by atoms with E-state index >= 15 is 0 Å². The standard InChI is InChI=1S/C12H16BrNO4/c1-8(9-3-4-10(13)18-9)14-6-12(2,7-14)17-5-11(15)16/h3-4,8H,5-7H2,1-2H3,(H,15,16). The highest BCUT2D eigenvalue weighted by Gasteiger charge is 2.43. The minimum absolute atomic E-state index is 0.165. The zero-order valence-corrected chi connectivity index (χ0v) is 11.9. The van der Waals surface area contributed by atoms with Crippen LogP contribution in [0.3, 0.4) is 0 Å². The number of carboxylic acids is 1. The number of furan rings is 1. The number of rotatable bonds is 5. The minimum Gasteiger partial charge on any atom is -0.480 e. The van der Waals surface area contributed by atoms with E-state index in [1.807, 2.05) is 19.1 Å². The molecule has 1 aromatic rings. The Kier molecular flexibility index (Phi) is 3.79. The summed E-state index contributed by atoms with van der Waals surface area (Å²) < 4.78 is 11.6. The molecule has 1 N–H and O–H groups in total. The Labute approximate surface area is 114 Å². The molecule has 1 aromatic heterocycles. The maximum atomic E-state index is 10.5. The third-order valence-electron chi connectivity index (χ3n) is 3.17. The van der Waals surface area contributed by atoms with Crippen molar-refractivity contribution in [3.63, 3.8) is 0 Å². The van der Waals surface area contributed by atoms with E-state index in [4.69, 9.17) is 14.3 Å². The average Bonchev–Trinajstić information content (AvgIpc) is 2.68. The van der Waals surface area contributed by atoms with Crippen LogP contribution in [0.25, 0.3) is 0 Å². The molecule has 1 aliphatic rings. The van der Waals surface area contributed by atoms with Crippen molar-refractivity contribution in [2.75, 3.05) is 19.7 Å². The first kappa shape index (κ1) is 13.6. The van der Waals surface area contributed by atoms with Crippen molar-refractivity contribution in [2.24, 2.45) is 0 Å². The molecule has 0 saturated carbocycles. The Balaban J connectivity index is 1.86. The fourth-order valence-corrected chi connectivity index (χ4v) is 2.47. The molecule has 0 radical (unpaired) electrons. The van der Waals surface area contributed by atoms with Crippen LogP contribution in [0.1, 0.15) is 25.6 Å². The number of halogens is 1. The molecule has 1 fully saturated rings. The van der Waals surface area contributed by atoms with Gasteiger partial charge < -0.3 is 14.3 Å². The Morgan fingerprint density at radius 3 is 2.83 bits per heavy atom. The van der Waals surface area contributed by atoms with Gasteiger partial charge in [0.1, 0.15) is 12.4 Å². The molecule has 0 aromatic carbocycles. The largest absolute Gasteiger partial charge is 0.480 e. The first-order chi connectivity index (χ1) is 8.39. The molecule has 18 heavy (non-hydrogen) atoms. The first-order valence-corrected chi connectivity index (χ1v) is 6.54. The molecular formula is C12H16BrNO4. The molecule has 6 heteroatoms. The zero-order valence-electron chi connectivity index (χ0n) is 10.4. The van der Waals surface area contributed by atoms with Crippen LogP contribution in [0, 0.1) is 0 Å². The number of ether oxygens (including phenoxy) is 1. The van der Waals surface area contributed by atoms with Gasteiger partial charge in [-0.3, -0.25) is 4.90 Å². The molecule has 2 heterocycles. The monoisotopic (exact) mass is 317 g/mol. The van der Waals surface area contributed by atoms with Crippen LogP contribution in [0.5, 0.6) is 0 Å². The molecule has 100 valence electrons. The van der Waals surface area contributed by atoms with Crippen LogP contribution in [0.2, 0.25) is 0 Å². The zero-order chi connectivity index (χ0) is 13.3. The van der Waals surface area contributed by atoms with Gasteiger partial charge in [-0.25, -0.2) is 4.79 Å². The van der Waals surface area contributed by atoms with Gasteiger partial charge in [0.25, 0.3) is 0 Å². The summed E-state index contributed by atoms with van der Waals surface area (Å²) in [4.78, 5) is 12.7. The van der Waals surface area contributed by atoms with E-state index in [1.54, 1.807) is 0 Å².